The number of likely N-dealkylation sites (tertiary alicyclic amines) is 1. The topological polar surface area (TPSA) is 45.2 Å². The minimum atomic E-state index is -4.42. The number of halogens is 3. The summed E-state index contributed by atoms with van der Waals surface area (Å²) >= 11 is 0. The van der Waals surface area contributed by atoms with Gasteiger partial charge in [0, 0.05) is 24.2 Å². The summed E-state index contributed by atoms with van der Waals surface area (Å²) in [5.41, 5.74) is 1.03. The number of anilines is 2. The van der Waals surface area contributed by atoms with Crippen molar-refractivity contribution in [2.24, 2.45) is 0 Å². The molecule has 1 N–H and O–H groups in total. The van der Waals surface area contributed by atoms with Crippen LogP contribution in [0.3, 0.4) is 0 Å². The Balaban J connectivity index is 1.72. The smallest absolute Gasteiger partial charge is 0.355 e. The molecule has 0 radical (unpaired) electrons. The summed E-state index contributed by atoms with van der Waals surface area (Å²) in [6, 6.07) is 13.9. The Morgan fingerprint density at radius 1 is 0.966 bits per heavy atom. The maximum Gasteiger partial charge on any atom is 0.416 e. The molecule has 4 rings (SSSR count). The highest BCUT2D eigenvalue weighted by Gasteiger charge is 2.30. The van der Waals surface area contributed by atoms with Crippen LogP contribution in [0.1, 0.15) is 35.3 Å². The van der Waals surface area contributed by atoms with Crippen LogP contribution in [0.25, 0.3) is 10.9 Å². The van der Waals surface area contributed by atoms with Crippen molar-refractivity contribution in [2.45, 2.75) is 25.4 Å². The minimum Gasteiger partial charge on any atom is -0.355 e. The Morgan fingerprint density at radius 2 is 1.72 bits per heavy atom. The third-order valence-corrected chi connectivity index (χ3v) is 5.05. The van der Waals surface area contributed by atoms with Crippen molar-refractivity contribution in [3.8, 4) is 0 Å². The molecule has 0 saturated carbocycles. The third kappa shape index (κ3) is 4.18. The monoisotopic (exact) mass is 399 g/mol. The lowest BCUT2D eigenvalue weighted by Crippen LogP contribution is -2.36. The van der Waals surface area contributed by atoms with Crippen molar-refractivity contribution < 1.29 is 18.0 Å². The van der Waals surface area contributed by atoms with Gasteiger partial charge in [-0.1, -0.05) is 24.3 Å². The van der Waals surface area contributed by atoms with Gasteiger partial charge in [-0.05, 0) is 49.6 Å². The number of piperidine rings is 1. The van der Waals surface area contributed by atoms with Gasteiger partial charge in [0.25, 0.3) is 5.91 Å². The summed E-state index contributed by atoms with van der Waals surface area (Å²) in [5, 5.41) is 3.78. The molecule has 1 aliphatic heterocycles. The van der Waals surface area contributed by atoms with Crippen LogP contribution in [0, 0.1) is 0 Å². The lowest BCUT2D eigenvalue weighted by Gasteiger charge is -2.26. The summed E-state index contributed by atoms with van der Waals surface area (Å²) < 4.78 is 39.1. The van der Waals surface area contributed by atoms with E-state index in [0.717, 1.165) is 36.8 Å². The maximum atomic E-state index is 13.0. The zero-order valence-corrected chi connectivity index (χ0v) is 15.7. The molecule has 1 aromatic heterocycles. The maximum absolute atomic E-state index is 13.0. The molecule has 1 aliphatic rings. The molecule has 0 bridgehead atoms. The quantitative estimate of drug-likeness (QED) is 0.621. The number of alkyl halides is 3. The van der Waals surface area contributed by atoms with Crippen LogP contribution in [0.5, 0.6) is 0 Å². The van der Waals surface area contributed by atoms with Crippen LogP contribution in [0.15, 0.2) is 54.6 Å². The van der Waals surface area contributed by atoms with Gasteiger partial charge >= 0.3 is 6.18 Å². The van der Waals surface area contributed by atoms with E-state index in [1.54, 1.807) is 23.1 Å². The fraction of sp³-hybridized carbons (Fsp3) is 0.273. The van der Waals surface area contributed by atoms with E-state index in [1.807, 2.05) is 18.2 Å². The molecule has 2 heterocycles. The summed E-state index contributed by atoms with van der Waals surface area (Å²) in [7, 11) is 0. The SMILES string of the molecule is O=C(c1cc(Nc2cccc(C(F)(F)F)c2)c2ccccc2n1)N1CCCCC1. The van der Waals surface area contributed by atoms with Crippen molar-refractivity contribution in [3.05, 3.63) is 65.9 Å². The molecule has 0 unspecified atom stereocenters. The van der Waals surface area contributed by atoms with Crippen LogP contribution in [0.2, 0.25) is 0 Å². The number of benzene rings is 2. The molecule has 1 amide bonds. The van der Waals surface area contributed by atoms with E-state index >= 15 is 0 Å². The fourth-order valence-corrected chi connectivity index (χ4v) is 3.58. The van der Waals surface area contributed by atoms with Crippen LogP contribution in [0.4, 0.5) is 24.5 Å². The molecule has 2 aromatic carbocycles. The highest BCUT2D eigenvalue weighted by molar-refractivity contribution is 6.00. The second-order valence-corrected chi connectivity index (χ2v) is 7.13. The van der Waals surface area contributed by atoms with E-state index in [4.69, 9.17) is 0 Å². The van der Waals surface area contributed by atoms with Crippen molar-refractivity contribution in [2.75, 3.05) is 18.4 Å². The summed E-state index contributed by atoms with van der Waals surface area (Å²) in [6.07, 6.45) is -1.38. The average Bonchev–Trinajstić information content (AvgIpc) is 2.73. The molecule has 7 heteroatoms. The number of hydrogen-bond donors (Lipinski definition) is 1. The van der Waals surface area contributed by atoms with E-state index in [9.17, 15) is 18.0 Å². The van der Waals surface area contributed by atoms with E-state index in [-0.39, 0.29) is 5.91 Å². The minimum absolute atomic E-state index is 0.150. The largest absolute Gasteiger partial charge is 0.416 e. The third-order valence-electron chi connectivity index (χ3n) is 5.05. The Morgan fingerprint density at radius 3 is 2.48 bits per heavy atom. The van der Waals surface area contributed by atoms with Gasteiger partial charge in [-0.15, -0.1) is 0 Å². The van der Waals surface area contributed by atoms with Gasteiger partial charge in [-0.25, -0.2) is 4.98 Å². The van der Waals surface area contributed by atoms with Gasteiger partial charge in [-0.2, -0.15) is 13.2 Å². The molecule has 4 nitrogen and oxygen atoms in total. The van der Waals surface area contributed by atoms with E-state index < -0.39 is 11.7 Å². The first-order valence-electron chi connectivity index (χ1n) is 9.55. The number of nitrogens with zero attached hydrogens (tertiary/aromatic N) is 2. The zero-order chi connectivity index (χ0) is 20.4. The predicted molar refractivity (Wildman–Crippen MR) is 106 cm³/mol. The Hall–Kier alpha value is -3.09. The summed E-state index contributed by atoms with van der Waals surface area (Å²) in [6.45, 7) is 1.40. The number of fused-ring (bicyclic) bond motifs is 1. The lowest BCUT2D eigenvalue weighted by molar-refractivity contribution is -0.137. The number of carbonyl (C=O) groups is 1. The first-order valence-corrected chi connectivity index (χ1v) is 9.55. The Bertz CT molecular complexity index is 1040. The molecule has 0 spiro atoms. The first-order chi connectivity index (χ1) is 13.9. The van der Waals surface area contributed by atoms with Crippen molar-refractivity contribution in [1.29, 1.82) is 0 Å². The fourth-order valence-electron chi connectivity index (χ4n) is 3.58. The van der Waals surface area contributed by atoms with Gasteiger partial charge in [0.1, 0.15) is 5.69 Å². The number of hydrogen-bond acceptors (Lipinski definition) is 3. The summed E-state index contributed by atoms with van der Waals surface area (Å²) in [5.74, 6) is -0.150. The standard InChI is InChI=1S/C22H20F3N3O/c23-22(24,25)15-7-6-8-16(13-15)26-19-14-20(21(29)28-11-4-1-5-12-28)27-18-10-3-2-9-17(18)19/h2-3,6-10,13-14H,1,4-5,11-12H2,(H,26,27). The van der Waals surface area contributed by atoms with Crippen LogP contribution >= 0.6 is 0 Å². The molecule has 0 atom stereocenters. The number of pyridine rings is 1. The molecule has 3 aromatic rings. The van der Waals surface area contributed by atoms with Crippen LogP contribution < -0.4 is 5.32 Å². The number of aromatic nitrogens is 1. The van der Waals surface area contributed by atoms with E-state index in [0.29, 0.717) is 35.7 Å². The van der Waals surface area contributed by atoms with Crippen molar-refractivity contribution in [1.82, 2.24) is 9.88 Å². The number of para-hydroxylation sites is 1. The van der Waals surface area contributed by atoms with Gasteiger partial charge < -0.3 is 10.2 Å². The zero-order valence-electron chi connectivity index (χ0n) is 15.7. The molecular formula is C22H20F3N3O. The number of rotatable bonds is 3. The summed E-state index contributed by atoms with van der Waals surface area (Å²) in [4.78, 5) is 19.2. The Labute approximate surface area is 166 Å². The molecule has 150 valence electrons. The lowest BCUT2D eigenvalue weighted by atomic mass is 10.1. The molecule has 0 aliphatic carbocycles. The average molecular weight is 399 g/mol. The van der Waals surface area contributed by atoms with Gasteiger partial charge in [0.2, 0.25) is 0 Å². The Kier molecular flexibility index (Phi) is 5.13. The van der Waals surface area contributed by atoms with Gasteiger partial charge in [0.15, 0.2) is 0 Å². The van der Waals surface area contributed by atoms with Crippen molar-refractivity contribution >= 4 is 28.2 Å². The van der Waals surface area contributed by atoms with Gasteiger partial charge in [0.05, 0.1) is 16.8 Å². The second kappa shape index (κ2) is 7.73. The predicted octanol–water partition coefficient (Wildman–Crippen LogP) is 5.62. The highest BCUT2D eigenvalue weighted by Crippen LogP contribution is 2.33. The molecule has 1 fully saturated rings. The number of nitrogens with one attached hydrogen (secondary N) is 1. The van der Waals surface area contributed by atoms with Crippen LogP contribution in [-0.2, 0) is 6.18 Å². The second-order valence-electron chi connectivity index (χ2n) is 7.13. The highest BCUT2D eigenvalue weighted by atomic mass is 19.4. The van der Waals surface area contributed by atoms with Crippen molar-refractivity contribution in [3.63, 3.8) is 0 Å². The van der Waals surface area contributed by atoms with Crippen LogP contribution in [-0.4, -0.2) is 28.9 Å². The van der Waals surface area contributed by atoms with Gasteiger partial charge in [-0.3, -0.25) is 4.79 Å². The normalized spacial score (nSPS) is 14.8. The molecule has 1 saturated heterocycles. The molecular weight excluding hydrogens is 379 g/mol. The number of amides is 1. The number of carbonyl (C=O) groups excluding carboxylic acids is 1. The first kappa shape index (κ1) is 19.2. The molecule has 29 heavy (non-hydrogen) atoms. The van der Waals surface area contributed by atoms with E-state index in [2.05, 4.69) is 10.3 Å². The van der Waals surface area contributed by atoms with E-state index in [1.165, 1.54) is 6.07 Å².